The molecule has 0 unspecified atom stereocenters. The van der Waals surface area contributed by atoms with Gasteiger partial charge in [-0.05, 0) is 18.2 Å². The fraction of sp³-hybridized carbons (Fsp3) is 0.125. The van der Waals surface area contributed by atoms with Gasteiger partial charge in [-0.2, -0.15) is 13.2 Å². The number of ether oxygens (including phenoxy) is 1. The molecule has 0 fully saturated rings. The van der Waals surface area contributed by atoms with Crippen molar-refractivity contribution in [2.24, 2.45) is 5.73 Å². The number of hydrogen-bond acceptors (Lipinski definition) is 2. The molecule has 1 rings (SSSR count). The van der Waals surface area contributed by atoms with Gasteiger partial charge in [0.05, 0.1) is 5.56 Å². The van der Waals surface area contributed by atoms with Crippen LogP contribution in [0.1, 0.15) is 5.56 Å². The topological polar surface area (TPSA) is 52.3 Å². The van der Waals surface area contributed by atoms with Gasteiger partial charge in [0.2, 0.25) is 0 Å². The molecular formula is C8H6F3NO2. The van der Waals surface area contributed by atoms with Gasteiger partial charge in [-0.15, -0.1) is 0 Å². The van der Waals surface area contributed by atoms with Crippen LogP contribution in [0.25, 0.3) is 0 Å². The second-order valence-electron chi connectivity index (χ2n) is 2.45. The van der Waals surface area contributed by atoms with E-state index in [1.54, 1.807) is 0 Å². The number of primary amides is 1. The molecule has 2 N–H and O–H groups in total. The normalized spacial score (nSPS) is 11.1. The minimum atomic E-state index is -4.46. The number of rotatable bonds is 1. The smallest absolute Gasteiger partial charge is 0.410 e. The number of benzene rings is 1. The van der Waals surface area contributed by atoms with Crippen LogP contribution in [0.5, 0.6) is 5.75 Å². The molecule has 0 saturated carbocycles. The Hall–Kier alpha value is -1.72. The predicted molar refractivity (Wildman–Crippen MR) is 41.7 cm³/mol. The number of nitrogens with two attached hydrogens (primary N) is 1. The monoisotopic (exact) mass is 205 g/mol. The predicted octanol–water partition coefficient (Wildman–Crippen LogP) is 2.16. The van der Waals surface area contributed by atoms with Crippen LogP contribution in [0.2, 0.25) is 0 Å². The van der Waals surface area contributed by atoms with Crippen LogP contribution in [-0.2, 0) is 6.18 Å². The maximum absolute atomic E-state index is 12.1. The second kappa shape index (κ2) is 3.57. The van der Waals surface area contributed by atoms with Gasteiger partial charge >= 0.3 is 12.3 Å². The first-order chi connectivity index (χ1) is 6.39. The molecule has 0 bridgehead atoms. The van der Waals surface area contributed by atoms with Crippen molar-refractivity contribution >= 4 is 6.09 Å². The van der Waals surface area contributed by atoms with Gasteiger partial charge in [0, 0.05) is 0 Å². The third kappa shape index (κ3) is 2.65. The van der Waals surface area contributed by atoms with E-state index in [-0.39, 0.29) is 5.75 Å². The SMILES string of the molecule is NC(=O)Oc1cccc(C(F)(F)F)c1. The van der Waals surface area contributed by atoms with Gasteiger partial charge < -0.3 is 10.5 Å². The Balaban J connectivity index is 2.95. The zero-order chi connectivity index (χ0) is 10.8. The van der Waals surface area contributed by atoms with Crippen LogP contribution in [0.3, 0.4) is 0 Å². The van der Waals surface area contributed by atoms with Crippen LogP contribution in [0.15, 0.2) is 24.3 Å². The number of amides is 1. The highest BCUT2D eigenvalue weighted by molar-refractivity contribution is 5.68. The van der Waals surface area contributed by atoms with Crippen LogP contribution in [0.4, 0.5) is 18.0 Å². The van der Waals surface area contributed by atoms with Crippen LogP contribution in [-0.4, -0.2) is 6.09 Å². The molecule has 0 aliphatic rings. The largest absolute Gasteiger partial charge is 0.416 e. The van der Waals surface area contributed by atoms with Crippen molar-refractivity contribution in [3.05, 3.63) is 29.8 Å². The van der Waals surface area contributed by atoms with Crippen LogP contribution >= 0.6 is 0 Å². The first-order valence-corrected chi connectivity index (χ1v) is 3.54. The van der Waals surface area contributed by atoms with E-state index in [0.717, 1.165) is 12.1 Å². The summed E-state index contributed by atoms with van der Waals surface area (Å²) in [6, 6.07) is 3.90. The highest BCUT2D eigenvalue weighted by Crippen LogP contribution is 2.31. The van der Waals surface area contributed by atoms with E-state index in [1.807, 2.05) is 0 Å². The number of hydrogen-bond donors (Lipinski definition) is 1. The fourth-order valence-corrected chi connectivity index (χ4v) is 0.852. The number of carbonyl (C=O) groups is 1. The molecule has 0 spiro atoms. The molecule has 0 aromatic heterocycles. The summed E-state index contributed by atoms with van der Waals surface area (Å²) in [5.74, 6) is -0.229. The van der Waals surface area contributed by atoms with Crippen molar-refractivity contribution in [3.63, 3.8) is 0 Å². The molecule has 1 aromatic rings. The fourth-order valence-electron chi connectivity index (χ4n) is 0.852. The quantitative estimate of drug-likeness (QED) is 0.763. The van der Waals surface area contributed by atoms with Gasteiger partial charge in [-0.3, -0.25) is 0 Å². The molecule has 1 amide bonds. The molecule has 14 heavy (non-hydrogen) atoms. The van der Waals surface area contributed by atoms with E-state index < -0.39 is 17.8 Å². The average molecular weight is 205 g/mol. The highest BCUT2D eigenvalue weighted by Gasteiger charge is 2.30. The maximum Gasteiger partial charge on any atom is 0.416 e. The molecule has 0 atom stereocenters. The lowest BCUT2D eigenvalue weighted by Crippen LogP contribution is -2.16. The Kier molecular flexibility index (Phi) is 2.64. The van der Waals surface area contributed by atoms with E-state index in [9.17, 15) is 18.0 Å². The van der Waals surface area contributed by atoms with E-state index >= 15 is 0 Å². The van der Waals surface area contributed by atoms with Gasteiger partial charge in [-0.1, -0.05) is 6.07 Å². The molecule has 0 radical (unpaired) electrons. The van der Waals surface area contributed by atoms with E-state index in [4.69, 9.17) is 0 Å². The molecule has 0 heterocycles. The van der Waals surface area contributed by atoms with Crippen LogP contribution in [0, 0.1) is 0 Å². The van der Waals surface area contributed by atoms with Crippen molar-refractivity contribution in [1.29, 1.82) is 0 Å². The molecule has 6 heteroatoms. The zero-order valence-electron chi connectivity index (χ0n) is 6.84. The van der Waals surface area contributed by atoms with Crippen molar-refractivity contribution in [2.45, 2.75) is 6.18 Å². The Morgan fingerprint density at radius 2 is 2.00 bits per heavy atom. The zero-order valence-corrected chi connectivity index (χ0v) is 6.84. The second-order valence-corrected chi connectivity index (χ2v) is 2.45. The summed E-state index contributed by atoms with van der Waals surface area (Å²) >= 11 is 0. The molecule has 3 nitrogen and oxygen atoms in total. The van der Waals surface area contributed by atoms with Gasteiger partial charge in [0.1, 0.15) is 5.75 Å². The number of halogens is 3. The molecule has 1 aromatic carbocycles. The summed E-state index contributed by atoms with van der Waals surface area (Å²) in [5, 5.41) is 0. The lowest BCUT2D eigenvalue weighted by atomic mass is 10.2. The minimum Gasteiger partial charge on any atom is -0.410 e. The Morgan fingerprint density at radius 3 is 2.50 bits per heavy atom. The number of carbonyl (C=O) groups excluding carboxylic acids is 1. The van der Waals surface area contributed by atoms with Gasteiger partial charge in [0.25, 0.3) is 0 Å². The standard InChI is InChI=1S/C8H6F3NO2/c9-8(10,11)5-2-1-3-6(4-5)14-7(12)13/h1-4H,(H2,12,13). The van der Waals surface area contributed by atoms with Gasteiger partial charge in [0.15, 0.2) is 0 Å². The maximum atomic E-state index is 12.1. The van der Waals surface area contributed by atoms with Crippen molar-refractivity contribution in [2.75, 3.05) is 0 Å². The third-order valence-corrected chi connectivity index (χ3v) is 1.38. The summed E-state index contributed by atoms with van der Waals surface area (Å²) in [7, 11) is 0. The molecular weight excluding hydrogens is 199 g/mol. The summed E-state index contributed by atoms with van der Waals surface area (Å²) in [6.45, 7) is 0. The lowest BCUT2D eigenvalue weighted by molar-refractivity contribution is -0.137. The minimum absolute atomic E-state index is 0.229. The van der Waals surface area contributed by atoms with Gasteiger partial charge in [-0.25, -0.2) is 4.79 Å². The van der Waals surface area contributed by atoms with E-state index in [1.165, 1.54) is 6.07 Å². The lowest BCUT2D eigenvalue weighted by Gasteiger charge is -2.07. The first-order valence-electron chi connectivity index (χ1n) is 3.54. The summed E-state index contributed by atoms with van der Waals surface area (Å²) in [6.07, 6.45) is -5.61. The van der Waals surface area contributed by atoms with Crippen molar-refractivity contribution < 1.29 is 22.7 Å². The van der Waals surface area contributed by atoms with Crippen molar-refractivity contribution in [3.8, 4) is 5.75 Å². The molecule has 0 saturated heterocycles. The summed E-state index contributed by atoms with van der Waals surface area (Å²) < 4.78 is 40.7. The van der Waals surface area contributed by atoms with E-state index in [0.29, 0.717) is 6.07 Å². The number of alkyl halides is 3. The van der Waals surface area contributed by atoms with E-state index in [2.05, 4.69) is 10.5 Å². The Bertz CT molecular complexity index is 349. The molecule has 0 aliphatic carbocycles. The third-order valence-electron chi connectivity index (χ3n) is 1.38. The highest BCUT2D eigenvalue weighted by atomic mass is 19.4. The van der Waals surface area contributed by atoms with Crippen LogP contribution < -0.4 is 10.5 Å². The average Bonchev–Trinajstić information content (AvgIpc) is 2.01. The first kappa shape index (κ1) is 10.4. The molecule has 0 aliphatic heterocycles. The molecule has 76 valence electrons. The Labute approximate surface area is 77.3 Å². The summed E-state index contributed by atoms with van der Waals surface area (Å²) in [4.78, 5) is 10.2. The van der Waals surface area contributed by atoms with Crippen molar-refractivity contribution in [1.82, 2.24) is 0 Å². The summed E-state index contributed by atoms with van der Waals surface area (Å²) in [5.41, 5.74) is 3.75. The Morgan fingerprint density at radius 1 is 1.36 bits per heavy atom.